The second kappa shape index (κ2) is 8.17. The summed E-state index contributed by atoms with van der Waals surface area (Å²) in [7, 11) is 0. The largest absolute Gasteiger partial charge is 0.448 e. The van der Waals surface area contributed by atoms with Crippen molar-refractivity contribution in [2.75, 3.05) is 18.4 Å². The first-order valence-electron chi connectivity index (χ1n) is 10.0. The van der Waals surface area contributed by atoms with Gasteiger partial charge in [0.25, 0.3) is 5.89 Å². The first-order valence-corrected chi connectivity index (χ1v) is 10.0. The van der Waals surface area contributed by atoms with Gasteiger partial charge in [-0.2, -0.15) is 5.10 Å². The number of hydrazone groups is 1. The van der Waals surface area contributed by atoms with Crippen LogP contribution in [0.4, 0.5) is 5.95 Å². The molecule has 13 heteroatoms. The lowest BCUT2D eigenvalue weighted by molar-refractivity contribution is -0.130. The molecule has 5 rings (SSSR count). The number of aromatic nitrogens is 5. The molecule has 3 aromatic heterocycles. The van der Waals surface area contributed by atoms with E-state index in [4.69, 9.17) is 20.1 Å². The Morgan fingerprint density at radius 3 is 2.91 bits per heavy atom. The number of anilines is 1. The summed E-state index contributed by atoms with van der Waals surface area (Å²) in [5.41, 5.74) is 2.26. The standard InChI is InChI=1S/C19H20N10O3/c20-12-1-2-29(8-14(12)26-21)17(30)5-16-27-28-18(32-16)10-6-22-19(23-7-10)25-11-3-13-15(4-11)31-9-24-13/h6-7,9,11,20H,1-5,8,21H2,(H,22,23,25). The van der Waals surface area contributed by atoms with Gasteiger partial charge in [-0.25, -0.2) is 15.0 Å². The van der Waals surface area contributed by atoms with Crippen molar-refractivity contribution in [3.8, 4) is 11.5 Å². The van der Waals surface area contributed by atoms with Crippen molar-refractivity contribution in [2.45, 2.75) is 31.7 Å². The Bertz CT molecular complexity index is 1160. The highest BCUT2D eigenvalue weighted by Gasteiger charge is 2.27. The average Bonchev–Trinajstić information content (AvgIpc) is 3.51. The Balaban J connectivity index is 1.19. The van der Waals surface area contributed by atoms with Gasteiger partial charge in [0.05, 0.1) is 23.5 Å². The van der Waals surface area contributed by atoms with Gasteiger partial charge in [0.2, 0.25) is 17.7 Å². The lowest BCUT2D eigenvalue weighted by Crippen LogP contribution is -2.45. The monoisotopic (exact) mass is 436 g/mol. The molecule has 1 aliphatic carbocycles. The van der Waals surface area contributed by atoms with E-state index in [9.17, 15) is 4.79 Å². The molecule has 0 bridgehead atoms. The van der Waals surface area contributed by atoms with E-state index in [1.54, 1.807) is 17.3 Å². The van der Waals surface area contributed by atoms with Gasteiger partial charge in [-0.3, -0.25) is 4.79 Å². The van der Waals surface area contributed by atoms with Crippen molar-refractivity contribution in [1.29, 1.82) is 5.41 Å². The predicted molar refractivity (Wildman–Crippen MR) is 111 cm³/mol. The van der Waals surface area contributed by atoms with Crippen molar-refractivity contribution in [2.24, 2.45) is 10.9 Å². The second-order valence-electron chi connectivity index (χ2n) is 7.56. The lowest BCUT2D eigenvalue weighted by Gasteiger charge is -2.27. The summed E-state index contributed by atoms with van der Waals surface area (Å²) in [6.07, 6.45) is 6.48. The average molecular weight is 436 g/mol. The van der Waals surface area contributed by atoms with E-state index >= 15 is 0 Å². The molecular weight excluding hydrogens is 416 g/mol. The Morgan fingerprint density at radius 1 is 1.28 bits per heavy atom. The second-order valence-corrected chi connectivity index (χ2v) is 7.56. The van der Waals surface area contributed by atoms with Crippen molar-refractivity contribution in [1.82, 2.24) is 30.0 Å². The number of carbonyl (C=O) groups is 1. The third-order valence-corrected chi connectivity index (χ3v) is 5.43. The highest BCUT2D eigenvalue weighted by Crippen LogP contribution is 2.23. The molecule has 1 saturated heterocycles. The summed E-state index contributed by atoms with van der Waals surface area (Å²) >= 11 is 0. The Kier molecular flexibility index (Phi) is 5.05. The molecule has 1 unspecified atom stereocenters. The first-order chi connectivity index (χ1) is 15.6. The molecule has 1 aliphatic heterocycles. The molecule has 2 aliphatic rings. The van der Waals surface area contributed by atoms with E-state index < -0.39 is 0 Å². The number of amides is 1. The van der Waals surface area contributed by atoms with Gasteiger partial charge >= 0.3 is 0 Å². The molecule has 1 amide bonds. The van der Waals surface area contributed by atoms with Crippen LogP contribution < -0.4 is 11.2 Å². The Hall–Kier alpha value is -4.16. The number of hydrogen-bond donors (Lipinski definition) is 3. The van der Waals surface area contributed by atoms with Gasteiger partial charge in [0.15, 0.2) is 6.39 Å². The molecule has 3 aromatic rings. The number of fused-ring (bicyclic) bond motifs is 1. The fourth-order valence-electron chi connectivity index (χ4n) is 3.71. The molecule has 4 N–H and O–H groups in total. The number of nitrogens with two attached hydrogens (primary N) is 1. The van der Waals surface area contributed by atoms with Gasteiger partial charge in [0.1, 0.15) is 17.9 Å². The highest BCUT2D eigenvalue weighted by atomic mass is 16.4. The van der Waals surface area contributed by atoms with Gasteiger partial charge in [0, 0.05) is 44.2 Å². The first kappa shape index (κ1) is 19.8. The van der Waals surface area contributed by atoms with E-state index in [-0.39, 0.29) is 36.7 Å². The molecule has 0 radical (unpaired) electrons. The van der Waals surface area contributed by atoms with Crippen LogP contribution in [-0.4, -0.2) is 66.5 Å². The quantitative estimate of drug-likeness (QED) is 0.368. The minimum atomic E-state index is -0.199. The van der Waals surface area contributed by atoms with E-state index in [2.05, 4.69) is 35.6 Å². The molecule has 0 spiro atoms. The van der Waals surface area contributed by atoms with Crippen LogP contribution >= 0.6 is 0 Å². The van der Waals surface area contributed by atoms with Crippen LogP contribution in [0.2, 0.25) is 0 Å². The van der Waals surface area contributed by atoms with Crippen molar-refractivity contribution >= 4 is 23.3 Å². The molecule has 4 heterocycles. The number of rotatable bonds is 5. The maximum Gasteiger partial charge on any atom is 0.250 e. The van der Waals surface area contributed by atoms with E-state index in [0.717, 1.165) is 24.3 Å². The minimum Gasteiger partial charge on any atom is -0.448 e. The van der Waals surface area contributed by atoms with Crippen LogP contribution in [0.25, 0.3) is 11.5 Å². The van der Waals surface area contributed by atoms with Gasteiger partial charge in [-0.15, -0.1) is 10.2 Å². The Morgan fingerprint density at radius 2 is 2.12 bits per heavy atom. The Labute approximate surface area is 181 Å². The summed E-state index contributed by atoms with van der Waals surface area (Å²) in [6, 6.07) is 0.132. The molecular formula is C19H20N10O3. The molecule has 1 atom stereocenters. The van der Waals surface area contributed by atoms with E-state index in [1.807, 2.05) is 0 Å². The van der Waals surface area contributed by atoms with Crippen LogP contribution in [0.1, 0.15) is 23.8 Å². The number of piperidine rings is 1. The number of nitrogens with zero attached hydrogens (tertiary/aromatic N) is 7. The zero-order valence-corrected chi connectivity index (χ0v) is 17.0. The number of nitrogens with one attached hydrogen (secondary N) is 2. The highest BCUT2D eigenvalue weighted by molar-refractivity contribution is 6.42. The van der Waals surface area contributed by atoms with Crippen LogP contribution in [0, 0.1) is 5.41 Å². The number of likely N-dealkylation sites (tertiary alicyclic amines) is 1. The van der Waals surface area contributed by atoms with Crippen LogP contribution in [0.3, 0.4) is 0 Å². The topological polar surface area (TPSA) is 185 Å². The summed E-state index contributed by atoms with van der Waals surface area (Å²) in [6.45, 7) is 0.632. The maximum atomic E-state index is 12.5. The number of oxazole rings is 1. The minimum absolute atomic E-state index is 0.0530. The zero-order valence-electron chi connectivity index (χ0n) is 17.0. The van der Waals surface area contributed by atoms with Gasteiger partial charge < -0.3 is 30.3 Å². The van der Waals surface area contributed by atoms with Gasteiger partial charge in [-0.1, -0.05) is 0 Å². The fraction of sp³-hybridized carbons (Fsp3) is 0.368. The lowest BCUT2D eigenvalue weighted by atomic mass is 10.1. The molecule has 0 aromatic carbocycles. The van der Waals surface area contributed by atoms with Crippen LogP contribution in [-0.2, 0) is 24.1 Å². The summed E-state index contributed by atoms with van der Waals surface area (Å²) < 4.78 is 11.0. The normalized spacial score (nSPS) is 19.4. The molecule has 1 fully saturated rings. The smallest absolute Gasteiger partial charge is 0.250 e. The SMILES string of the molecule is N=C1CCN(C(=O)Cc2nnc(-c3cnc(NC4Cc5ncoc5C4)nc3)o2)CC1=NN. The number of carbonyl (C=O) groups excluding carboxylic acids is 1. The fourth-order valence-corrected chi connectivity index (χ4v) is 3.71. The molecule has 164 valence electrons. The van der Waals surface area contributed by atoms with Gasteiger partial charge in [-0.05, 0) is 0 Å². The van der Waals surface area contributed by atoms with Crippen molar-refractivity contribution in [3.63, 3.8) is 0 Å². The summed E-state index contributed by atoms with van der Waals surface area (Å²) in [5, 5.41) is 22.6. The zero-order chi connectivity index (χ0) is 22.1. The summed E-state index contributed by atoms with van der Waals surface area (Å²) in [4.78, 5) is 26.9. The van der Waals surface area contributed by atoms with E-state index in [0.29, 0.717) is 35.9 Å². The number of hydrogen-bond acceptors (Lipinski definition) is 12. The predicted octanol–water partition coefficient (Wildman–Crippen LogP) is 0.203. The summed E-state index contributed by atoms with van der Waals surface area (Å²) in [5.74, 6) is 6.88. The van der Waals surface area contributed by atoms with Crippen LogP contribution in [0.15, 0.2) is 32.7 Å². The molecule has 32 heavy (non-hydrogen) atoms. The van der Waals surface area contributed by atoms with E-state index in [1.165, 1.54) is 6.39 Å². The van der Waals surface area contributed by atoms with Crippen LogP contribution in [0.5, 0.6) is 0 Å². The molecule has 13 nitrogen and oxygen atoms in total. The third kappa shape index (κ3) is 3.91. The molecule has 0 saturated carbocycles. The maximum absolute atomic E-state index is 12.5. The third-order valence-electron chi connectivity index (χ3n) is 5.43. The van der Waals surface area contributed by atoms with Crippen molar-refractivity contribution in [3.05, 3.63) is 36.1 Å². The van der Waals surface area contributed by atoms with Crippen molar-refractivity contribution < 1.29 is 13.6 Å².